The Hall–Kier alpha value is -0.120. The van der Waals surface area contributed by atoms with Gasteiger partial charge in [-0.1, -0.05) is 0 Å². The first-order valence-corrected chi connectivity index (χ1v) is 5.10. The minimum atomic E-state index is 0.586. The summed E-state index contributed by atoms with van der Waals surface area (Å²) in [5.41, 5.74) is 2.88. The number of nitrogens with one attached hydrogen (secondary N) is 1. The highest BCUT2D eigenvalue weighted by Crippen LogP contribution is 2.25. The molecule has 3 nitrogen and oxygen atoms in total. The first kappa shape index (κ1) is 8.48. The lowest BCUT2D eigenvalue weighted by molar-refractivity contribution is 0.0840. The van der Waals surface area contributed by atoms with Gasteiger partial charge in [0.05, 0.1) is 0 Å². The number of nitrogens with zero attached hydrogens (tertiary/aromatic N) is 1. The minimum Gasteiger partial charge on any atom is -0.300 e. The smallest absolute Gasteiger partial charge is 0.0211 e. The Kier molecular flexibility index (Phi) is 2.63. The highest BCUT2D eigenvalue weighted by Gasteiger charge is 2.27. The Bertz CT molecular complexity index is 137. The van der Waals surface area contributed by atoms with E-state index in [0.29, 0.717) is 6.04 Å². The maximum absolute atomic E-state index is 5.41. The molecule has 2 fully saturated rings. The molecule has 0 spiro atoms. The van der Waals surface area contributed by atoms with Crippen molar-refractivity contribution in [3.8, 4) is 0 Å². The van der Waals surface area contributed by atoms with E-state index in [1.165, 1.54) is 45.2 Å². The first-order chi connectivity index (χ1) is 5.90. The van der Waals surface area contributed by atoms with Crippen molar-refractivity contribution in [1.82, 2.24) is 10.3 Å². The molecular formula is C9H19N3. The van der Waals surface area contributed by atoms with Gasteiger partial charge < -0.3 is 4.90 Å². The zero-order valence-electron chi connectivity index (χ0n) is 7.63. The maximum Gasteiger partial charge on any atom is 0.0211 e. The first-order valence-electron chi connectivity index (χ1n) is 5.10. The fourth-order valence-corrected chi connectivity index (χ4v) is 2.31. The number of likely N-dealkylation sites (tertiary alicyclic amines) is 1. The van der Waals surface area contributed by atoms with E-state index in [1.807, 2.05) is 0 Å². The number of nitrogens with two attached hydrogens (primary N) is 1. The van der Waals surface area contributed by atoms with Gasteiger partial charge in [-0.2, -0.15) is 0 Å². The Labute approximate surface area is 74.3 Å². The highest BCUT2D eigenvalue weighted by atomic mass is 15.2. The van der Waals surface area contributed by atoms with E-state index < -0.39 is 0 Å². The number of hydrogen-bond acceptors (Lipinski definition) is 3. The molecule has 1 aliphatic carbocycles. The summed E-state index contributed by atoms with van der Waals surface area (Å²) >= 11 is 0. The Balaban J connectivity index is 1.74. The van der Waals surface area contributed by atoms with E-state index in [-0.39, 0.29) is 0 Å². The molecule has 0 aromatic rings. The van der Waals surface area contributed by atoms with E-state index in [0.717, 1.165) is 6.04 Å². The molecule has 2 rings (SSSR count). The standard InChI is InChI=1S/C9H19N3/c10-11-8-2-4-9(5-3-8)12-6-1-7-12/h8-9,11H,1-7,10H2/t8-,9-. The third-order valence-corrected chi connectivity index (χ3v) is 3.34. The zero-order chi connectivity index (χ0) is 8.39. The molecule has 2 aliphatic rings. The number of hydrogen-bond donors (Lipinski definition) is 2. The number of hydrazine groups is 1. The lowest BCUT2D eigenvalue weighted by Crippen LogP contribution is -2.49. The monoisotopic (exact) mass is 169 g/mol. The molecule has 0 radical (unpaired) electrons. The Morgan fingerprint density at radius 2 is 1.75 bits per heavy atom. The van der Waals surface area contributed by atoms with Gasteiger partial charge in [-0.15, -0.1) is 0 Å². The molecule has 1 saturated heterocycles. The van der Waals surface area contributed by atoms with Crippen LogP contribution in [0.15, 0.2) is 0 Å². The quantitative estimate of drug-likeness (QED) is 0.466. The average Bonchev–Trinajstić information content (AvgIpc) is 2.03. The van der Waals surface area contributed by atoms with Gasteiger partial charge in [0.2, 0.25) is 0 Å². The second-order valence-electron chi connectivity index (χ2n) is 4.06. The van der Waals surface area contributed by atoms with Gasteiger partial charge in [0.25, 0.3) is 0 Å². The van der Waals surface area contributed by atoms with Crippen LogP contribution in [0.5, 0.6) is 0 Å². The van der Waals surface area contributed by atoms with Crippen LogP contribution in [-0.2, 0) is 0 Å². The molecule has 12 heavy (non-hydrogen) atoms. The van der Waals surface area contributed by atoms with Crippen molar-refractivity contribution in [1.29, 1.82) is 0 Å². The van der Waals surface area contributed by atoms with Gasteiger partial charge >= 0.3 is 0 Å². The molecule has 0 amide bonds. The van der Waals surface area contributed by atoms with Crippen LogP contribution in [0.2, 0.25) is 0 Å². The predicted molar refractivity (Wildman–Crippen MR) is 49.6 cm³/mol. The SMILES string of the molecule is NN[C@H]1CC[C@H](N2CCC2)CC1. The van der Waals surface area contributed by atoms with E-state index >= 15 is 0 Å². The van der Waals surface area contributed by atoms with E-state index in [1.54, 1.807) is 0 Å². The van der Waals surface area contributed by atoms with E-state index in [2.05, 4.69) is 10.3 Å². The molecule has 1 heterocycles. The van der Waals surface area contributed by atoms with Crippen molar-refractivity contribution >= 4 is 0 Å². The lowest BCUT2D eigenvalue weighted by Gasteiger charge is -2.41. The minimum absolute atomic E-state index is 0.586. The predicted octanol–water partition coefficient (Wildman–Crippen LogP) is 0.467. The van der Waals surface area contributed by atoms with Crippen molar-refractivity contribution in [3.63, 3.8) is 0 Å². The summed E-state index contributed by atoms with van der Waals surface area (Å²) in [7, 11) is 0. The highest BCUT2D eigenvalue weighted by molar-refractivity contribution is 4.84. The summed E-state index contributed by atoms with van der Waals surface area (Å²) in [6, 6.07) is 1.46. The van der Waals surface area contributed by atoms with Crippen LogP contribution in [0.25, 0.3) is 0 Å². The maximum atomic E-state index is 5.41. The van der Waals surface area contributed by atoms with Crippen LogP contribution in [-0.4, -0.2) is 30.1 Å². The fourth-order valence-electron chi connectivity index (χ4n) is 2.31. The number of rotatable bonds is 2. The van der Waals surface area contributed by atoms with Gasteiger partial charge in [0.1, 0.15) is 0 Å². The van der Waals surface area contributed by atoms with Crippen LogP contribution in [0.3, 0.4) is 0 Å². The largest absolute Gasteiger partial charge is 0.300 e. The molecule has 0 atom stereocenters. The zero-order valence-corrected chi connectivity index (χ0v) is 7.63. The topological polar surface area (TPSA) is 41.3 Å². The Morgan fingerprint density at radius 3 is 2.17 bits per heavy atom. The molecular weight excluding hydrogens is 150 g/mol. The van der Waals surface area contributed by atoms with Crippen LogP contribution in [0.4, 0.5) is 0 Å². The average molecular weight is 169 g/mol. The van der Waals surface area contributed by atoms with Crippen molar-refractivity contribution in [3.05, 3.63) is 0 Å². The van der Waals surface area contributed by atoms with Crippen molar-refractivity contribution in [2.75, 3.05) is 13.1 Å². The molecule has 0 bridgehead atoms. The van der Waals surface area contributed by atoms with Crippen molar-refractivity contribution < 1.29 is 0 Å². The molecule has 1 saturated carbocycles. The van der Waals surface area contributed by atoms with E-state index in [4.69, 9.17) is 5.84 Å². The second-order valence-corrected chi connectivity index (χ2v) is 4.06. The second kappa shape index (κ2) is 3.73. The van der Waals surface area contributed by atoms with Crippen molar-refractivity contribution in [2.24, 2.45) is 5.84 Å². The lowest BCUT2D eigenvalue weighted by atomic mass is 9.89. The van der Waals surface area contributed by atoms with Crippen LogP contribution < -0.4 is 11.3 Å². The third kappa shape index (κ3) is 1.63. The summed E-state index contributed by atoms with van der Waals surface area (Å²) in [4.78, 5) is 2.62. The molecule has 1 aliphatic heterocycles. The van der Waals surface area contributed by atoms with Gasteiger partial charge in [-0.05, 0) is 45.2 Å². The van der Waals surface area contributed by atoms with Crippen molar-refractivity contribution in [2.45, 2.75) is 44.2 Å². The molecule has 0 aromatic carbocycles. The fraction of sp³-hybridized carbons (Fsp3) is 1.00. The summed E-state index contributed by atoms with van der Waals surface area (Å²) in [6.45, 7) is 2.68. The van der Waals surface area contributed by atoms with Gasteiger partial charge in [-0.25, -0.2) is 0 Å². The molecule has 3 heteroatoms. The third-order valence-electron chi connectivity index (χ3n) is 3.34. The summed E-state index contributed by atoms with van der Waals surface area (Å²) in [6.07, 6.45) is 6.62. The summed E-state index contributed by atoms with van der Waals surface area (Å²) in [5, 5.41) is 0. The van der Waals surface area contributed by atoms with Gasteiger partial charge in [0.15, 0.2) is 0 Å². The van der Waals surface area contributed by atoms with Gasteiger partial charge in [-0.3, -0.25) is 11.3 Å². The molecule has 0 unspecified atom stereocenters. The normalized spacial score (nSPS) is 37.8. The van der Waals surface area contributed by atoms with E-state index in [9.17, 15) is 0 Å². The summed E-state index contributed by atoms with van der Waals surface area (Å²) < 4.78 is 0. The van der Waals surface area contributed by atoms with Crippen LogP contribution in [0, 0.1) is 0 Å². The van der Waals surface area contributed by atoms with Gasteiger partial charge in [0, 0.05) is 12.1 Å². The molecule has 3 N–H and O–H groups in total. The molecule has 70 valence electrons. The molecule has 0 aromatic heterocycles. The Morgan fingerprint density at radius 1 is 1.08 bits per heavy atom. The van der Waals surface area contributed by atoms with Crippen LogP contribution in [0.1, 0.15) is 32.1 Å². The summed E-state index contributed by atoms with van der Waals surface area (Å²) in [5.74, 6) is 5.41. The van der Waals surface area contributed by atoms with Crippen LogP contribution >= 0.6 is 0 Å².